The minimum Gasteiger partial charge on any atom is -0.353 e. The first-order chi connectivity index (χ1) is 15.5. The van der Waals surface area contributed by atoms with Crippen molar-refractivity contribution in [3.05, 3.63) is 105 Å². The van der Waals surface area contributed by atoms with Crippen LogP contribution in [0, 0.1) is 6.92 Å². The number of thiophene rings is 1. The Morgan fingerprint density at radius 3 is 2.22 bits per heavy atom. The topological polar surface area (TPSA) is 85.1 Å². The fourth-order valence-electron chi connectivity index (χ4n) is 3.43. The molecule has 32 heavy (non-hydrogen) atoms. The molecular formula is C24H22N4O3S. The van der Waals surface area contributed by atoms with Crippen molar-refractivity contribution in [2.45, 2.75) is 13.1 Å². The van der Waals surface area contributed by atoms with E-state index in [9.17, 15) is 14.4 Å². The van der Waals surface area contributed by atoms with Gasteiger partial charge >= 0.3 is 0 Å². The van der Waals surface area contributed by atoms with Crippen molar-refractivity contribution in [3.8, 4) is 5.69 Å². The number of benzene rings is 2. The zero-order valence-electron chi connectivity index (χ0n) is 17.6. The van der Waals surface area contributed by atoms with Crippen LogP contribution in [-0.2, 0) is 7.05 Å². The molecule has 8 heteroatoms. The number of para-hydroxylation sites is 1. The van der Waals surface area contributed by atoms with E-state index in [-0.39, 0.29) is 17.0 Å². The second-order valence-electron chi connectivity index (χ2n) is 7.19. The van der Waals surface area contributed by atoms with Crippen LogP contribution in [0.25, 0.3) is 5.69 Å². The van der Waals surface area contributed by atoms with Crippen LogP contribution in [-0.4, -0.2) is 27.2 Å². The van der Waals surface area contributed by atoms with Crippen LogP contribution >= 0.6 is 11.3 Å². The van der Waals surface area contributed by atoms with Gasteiger partial charge < -0.3 is 10.6 Å². The molecule has 7 nitrogen and oxygen atoms in total. The molecule has 0 spiro atoms. The molecule has 2 aromatic heterocycles. The highest BCUT2D eigenvalue weighted by Crippen LogP contribution is 2.17. The number of hydrogen-bond acceptors (Lipinski definition) is 5. The molecule has 4 aromatic rings. The second-order valence-corrected chi connectivity index (χ2v) is 8.14. The third kappa shape index (κ3) is 4.13. The zero-order valence-corrected chi connectivity index (χ0v) is 18.4. The summed E-state index contributed by atoms with van der Waals surface area (Å²) in [6.07, 6.45) is -1.12. The van der Waals surface area contributed by atoms with Gasteiger partial charge in [0.1, 0.15) is 5.69 Å². The number of carbonyl (C=O) groups excluding carboxylic acids is 2. The van der Waals surface area contributed by atoms with Crippen molar-refractivity contribution in [2.75, 3.05) is 5.32 Å². The van der Waals surface area contributed by atoms with Crippen molar-refractivity contribution in [2.24, 2.45) is 7.05 Å². The first kappa shape index (κ1) is 21.3. The minimum atomic E-state index is -1.12. The Kier molecular flexibility index (Phi) is 6.04. The Hall–Kier alpha value is -3.91. The van der Waals surface area contributed by atoms with Crippen LogP contribution in [0.3, 0.4) is 0 Å². The lowest BCUT2D eigenvalue weighted by molar-refractivity contribution is 0.0871. The molecule has 0 unspecified atom stereocenters. The number of ketones is 1. The Labute approximate surface area is 188 Å². The summed E-state index contributed by atoms with van der Waals surface area (Å²) in [7, 11) is 1.77. The number of Topliss-reactive ketones (excluding diaryl/α,β-unsaturated/α-hetero) is 1. The quantitative estimate of drug-likeness (QED) is 0.336. The number of rotatable bonds is 7. The largest absolute Gasteiger partial charge is 0.353 e. The average Bonchev–Trinajstić information content (AvgIpc) is 3.43. The number of carbonyl (C=O) groups is 2. The van der Waals surface area contributed by atoms with Crippen LogP contribution in [0.5, 0.6) is 0 Å². The standard InChI is InChI=1S/C24H22N4O3S/c1-16-20(24(31)28(27(16)2)18-12-7-4-8-13-18)25-22(21(29)17-10-5-3-6-11-17)26-23(30)19-14-9-15-32-19/h3-15,22,25H,1-2H3,(H,26,30)/t22-/m0/s1. The Morgan fingerprint density at radius 1 is 0.938 bits per heavy atom. The van der Waals surface area contributed by atoms with Crippen LogP contribution in [0.4, 0.5) is 5.69 Å². The molecule has 0 aliphatic rings. The van der Waals surface area contributed by atoms with Crippen LogP contribution in [0.15, 0.2) is 83.0 Å². The van der Waals surface area contributed by atoms with Gasteiger partial charge in [-0.2, -0.15) is 0 Å². The van der Waals surface area contributed by atoms with Gasteiger partial charge in [0.15, 0.2) is 6.17 Å². The van der Waals surface area contributed by atoms with E-state index < -0.39 is 12.1 Å². The Bertz CT molecular complexity index is 1290. The molecule has 2 N–H and O–H groups in total. The zero-order chi connectivity index (χ0) is 22.7. The summed E-state index contributed by atoms with van der Waals surface area (Å²) in [5.41, 5.74) is 1.69. The smallest absolute Gasteiger partial charge is 0.295 e. The van der Waals surface area contributed by atoms with E-state index in [2.05, 4.69) is 10.6 Å². The number of nitrogens with zero attached hydrogens (tertiary/aromatic N) is 2. The first-order valence-corrected chi connectivity index (χ1v) is 10.9. The second kappa shape index (κ2) is 9.07. The van der Waals surface area contributed by atoms with Gasteiger partial charge in [0.05, 0.1) is 16.3 Å². The molecular weight excluding hydrogens is 424 g/mol. The summed E-state index contributed by atoms with van der Waals surface area (Å²) in [5.74, 6) is -0.733. The normalized spacial score (nSPS) is 11.7. The summed E-state index contributed by atoms with van der Waals surface area (Å²) in [4.78, 5) is 39.7. The molecule has 1 atom stereocenters. The van der Waals surface area contributed by atoms with E-state index in [4.69, 9.17) is 0 Å². The maximum absolute atomic E-state index is 13.3. The third-order valence-electron chi connectivity index (χ3n) is 5.18. The Balaban J connectivity index is 1.72. The molecule has 4 rings (SSSR count). The minimum absolute atomic E-state index is 0.247. The SMILES string of the molecule is Cc1c(N[C@@H](NC(=O)c2cccs2)C(=O)c2ccccc2)c(=O)n(-c2ccccc2)n1C. The van der Waals surface area contributed by atoms with Crippen LogP contribution in [0.1, 0.15) is 25.7 Å². The summed E-state index contributed by atoms with van der Waals surface area (Å²) in [5, 5.41) is 7.54. The van der Waals surface area contributed by atoms with E-state index in [0.717, 1.165) is 0 Å². The molecule has 1 amide bonds. The van der Waals surface area contributed by atoms with E-state index in [0.29, 0.717) is 21.8 Å². The van der Waals surface area contributed by atoms with Crippen molar-refractivity contribution < 1.29 is 9.59 Å². The molecule has 162 valence electrons. The fraction of sp³-hybridized carbons (Fsp3) is 0.125. The van der Waals surface area contributed by atoms with E-state index >= 15 is 0 Å². The van der Waals surface area contributed by atoms with Crippen molar-refractivity contribution in [3.63, 3.8) is 0 Å². The number of hydrogen-bond donors (Lipinski definition) is 2. The number of amides is 1. The monoisotopic (exact) mass is 446 g/mol. The lowest BCUT2D eigenvalue weighted by Crippen LogP contribution is -2.47. The molecule has 0 bridgehead atoms. The lowest BCUT2D eigenvalue weighted by atomic mass is 10.1. The average molecular weight is 447 g/mol. The van der Waals surface area contributed by atoms with Gasteiger partial charge in [-0.15, -0.1) is 11.3 Å². The van der Waals surface area contributed by atoms with Crippen LogP contribution < -0.4 is 16.2 Å². The van der Waals surface area contributed by atoms with Gasteiger partial charge in [-0.05, 0) is 30.5 Å². The highest BCUT2D eigenvalue weighted by molar-refractivity contribution is 7.12. The van der Waals surface area contributed by atoms with Gasteiger partial charge in [0.2, 0.25) is 5.78 Å². The fourth-order valence-corrected chi connectivity index (χ4v) is 4.05. The number of aromatic nitrogens is 2. The van der Waals surface area contributed by atoms with Gasteiger partial charge in [0, 0.05) is 12.6 Å². The van der Waals surface area contributed by atoms with Gasteiger partial charge in [-0.1, -0.05) is 54.6 Å². The van der Waals surface area contributed by atoms with Gasteiger partial charge in [-0.25, -0.2) is 4.68 Å². The van der Waals surface area contributed by atoms with E-state index in [1.807, 2.05) is 36.4 Å². The predicted molar refractivity (Wildman–Crippen MR) is 126 cm³/mol. The first-order valence-electron chi connectivity index (χ1n) is 10.0. The van der Waals surface area contributed by atoms with Crippen molar-refractivity contribution >= 4 is 28.7 Å². The summed E-state index contributed by atoms with van der Waals surface area (Å²) in [6, 6.07) is 21.3. The maximum Gasteiger partial charge on any atom is 0.295 e. The third-order valence-corrected chi connectivity index (χ3v) is 6.05. The van der Waals surface area contributed by atoms with Crippen LogP contribution in [0.2, 0.25) is 0 Å². The highest BCUT2D eigenvalue weighted by Gasteiger charge is 2.26. The number of nitrogens with one attached hydrogen (secondary N) is 2. The molecule has 2 aromatic carbocycles. The lowest BCUT2D eigenvalue weighted by Gasteiger charge is -2.19. The molecule has 0 aliphatic heterocycles. The number of anilines is 1. The summed E-state index contributed by atoms with van der Waals surface area (Å²) >= 11 is 1.28. The van der Waals surface area contributed by atoms with Gasteiger partial charge in [0.25, 0.3) is 11.5 Å². The highest BCUT2D eigenvalue weighted by atomic mass is 32.1. The molecule has 0 saturated heterocycles. The molecule has 0 saturated carbocycles. The van der Waals surface area contributed by atoms with E-state index in [1.165, 1.54) is 16.0 Å². The van der Waals surface area contributed by atoms with Gasteiger partial charge in [-0.3, -0.25) is 19.1 Å². The maximum atomic E-state index is 13.3. The molecule has 0 radical (unpaired) electrons. The Morgan fingerprint density at radius 2 is 1.59 bits per heavy atom. The van der Waals surface area contributed by atoms with Crippen molar-refractivity contribution in [1.82, 2.24) is 14.7 Å². The van der Waals surface area contributed by atoms with Crippen molar-refractivity contribution in [1.29, 1.82) is 0 Å². The summed E-state index contributed by atoms with van der Waals surface area (Å²) < 4.78 is 3.23. The van der Waals surface area contributed by atoms with E-state index in [1.54, 1.807) is 60.4 Å². The molecule has 2 heterocycles. The summed E-state index contributed by atoms with van der Waals surface area (Å²) in [6.45, 7) is 1.79. The predicted octanol–water partition coefficient (Wildman–Crippen LogP) is 3.60. The molecule has 0 fully saturated rings. The molecule has 0 aliphatic carbocycles.